The van der Waals surface area contributed by atoms with Gasteiger partial charge >= 0.3 is 6.18 Å². The van der Waals surface area contributed by atoms with Gasteiger partial charge in [0.1, 0.15) is 6.04 Å². The Labute approximate surface area is 219 Å². The zero-order valence-electron chi connectivity index (χ0n) is 20.7. The van der Waals surface area contributed by atoms with E-state index in [4.69, 9.17) is 5.73 Å². The van der Waals surface area contributed by atoms with Gasteiger partial charge in [0.2, 0.25) is 11.8 Å². The number of hydrogen-bond acceptors (Lipinski definition) is 5. The molecule has 2 aliphatic rings. The van der Waals surface area contributed by atoms with Crippen molar-refractivity contribution in [3.63, 3.8) is 0 Å². The third-order valence-electron chi connectivity index (χ3n) is 6.39. The van der Waals surface area contributed by atoms with E-state index < -0.39 is 17.8 Å². The van der Waals surface area contributed by atoms with Crippen LogP contribution in [-0.2, 0) is 15.8 Å². The van der Waals surface area contributed by atoms with E-state index in [1.807, 2.05) is 35.2 Å². The lowest BCUT2D eigenvalue weighted by Crippen LogP contribution is -2.48. The Kier molecular flexibility index (Phi) is 8.65. The molecule has 10 heteroatoms. The summed E-state index contributed by atoms with van der Waals surface area (Å²) in [5.41, 5.74) is 8.22. The number of carbonyl (C=O) groups excluding carboxylic acids is 2. The van der Waals surface area contributed by atoms with Gasteiger partial charge in [0.05, 0.1) is 11.3 Å². The van der Waals surface area contributed by atoms with Crippen molar-refractivity contribution in [2.24, 2.45) is 5.73 Å². The van der Waals surface area contributed by atoms with Crippen molar-refractivity contribution in [3.05, 3.63) is 94.8 Å². The van der Waals surface area contributed by atoms with E-state index in [0.717, 1.165) is 42.8 Å². The van der Waals surface area contributed by atoms with Crippen LogP contribution in [0.2, 0.25) is 0 Å². The molecular formula is C28H30F3N5O2. The maximum absolute atomic E-state index is 13.3. The first-order valence-electron chi connectivity index (χ1n) is 12.4. The predicted molar refractivity (Wildman–Crippen MR) is 140 cm³/mol. The first kappa shape index (κ1) is 27.2. The third kappa shape index (κ3) is 7.11. The van der Waals surface area contributed by atoms with Crippen LogP contribution in [0.3, 0.4) is 0 Å². The molecule has 38 heavy (non-hydrogen) atoms. The topological polar surface area (TPSA) is 99.5 Å². The molecule has 0 aromatic heterocycles. The Morgan fingerprint density at radius 3 is 2.32 bits per heavy atom. The summed E-state index contributed by atoms with van der Waals surface area (Å²) in [5, 5.41) is 8.79. The Bertz CT molecular complexity index is 1230. The van der Waals surface area contributed by atoms with Crippen molar-refractivity contribution in [2.45, 2.75) is 25.1 Å². The lowest BCUT2D eigenvalue weighted by Gasteiger charge is -2.34. The fraction of sp³-hybridized carbons (Fsp3) is 0.286. The van der Waals surface area contributed by atoms with Crippen LogP contribution in [0.15, 0.2) is 78.2 Å². The Balaban J connectivity index is 1.46. The first-order chi connectivity index (χ1) is 18.2. The van der Waals surface area contributed by atoms with Crippen molar-refractivity contribution in [1.82, 2.24) is 15.5 Å². The van der Waals surface area contributed by atoms with Gasteiger partial charge in [-0.2, -0.15) is 13.2 Å². The van der Waals surface area contributed by atoms with Crippen molar-refractivity contribution < 1.29 is 22.8 Å². The van der Waals surface area contributed by atoms with Gasteiger partial charge in [-0.3, -0.25) is 14.5 Å². The Morgan fingerprint density at radius 1 is 1.00 bits per heavy atom. The predicted octanol–water partition coefficient (Wildman–Crippen LogP) is 3.94. The maximum Gasteiger partial charge on any atom is 0.416 e. The number of rotatable bonds is 7. The number of nitrogens with two attached hydrogens (primary N) is 1. The van der Waals surface area contributed by atoms with Crippen LogP contribution in [0, 0.1) is 0 Å². The number of hydrogen-bond donors (Lipinski definition) is 4. The molecule has 4 rings (SSSR count). The highest BCUT2D eigenvalue weighted by atomic mass is 19.4. The number of carbonyl (C=O) groups is 2. The summed E-state index contributed by atoms with van der Waals surface area (Å²) in [7, 11) is 0. The largest absolute Gasteiger partial charge is 0.416 e. The number of alkyl halides is 3. The zero-order chi connectivity index (χ0) is 27.1. The third-order valence-corrected chi connectivity index (χ3v) is 6.39. The SMILES string of the molecule is NC1=C(NC(=O)/C=C/c2ccc(C(C(=O)Nc3ccc(C(F)(F)F)cc3)N3CCNCC3)cc2)C=CCC1. The lowest BCUT2D eigenvalue weighted by atomic mass is 10.0. The molecule has 0 spiro atoms. The van der Waals surface area contributed by atoms with E-state index in [2.05, 4.69) is 16.0 Å². The minimum atomic E-state index is -4.44. The second-order valence-electron chi connectivity index (χ2n) is 9.12. The van der Waals surface area contributed by atoms with E-state index >= 15 is 0 Å². The van der Waals surface area contributed by atoms with Crippen LogP contribution in [0.1, 0.15) is 35.6 Å². The van der Waals surface area contributed by atoms with Crippen LogP contribution in [-0.4, -0.2) is 42.9 Å². The number of allylic oxidation sites excluding steroid dienone is 3. The molecule has 200 valence electrons. The smallest absolute Gasteiger partial charge is 0.400 e. The zero-order valence-corrected chi connectivity index (χ0v) is 20.7. The Morgan fingerprint density at radius 2 is 1.68 bits per heavy atom. The van der Waals surface area contributed by atoms with Crippen molar-refractivity contribution in [2.75, 3.05) is 31.5 Å². The number of nitrogens with zero attached hydrogens (tertiary/aromatic N) is 1. The number of benzene rings is 2. The molecule has 5 N–H and O–H groups in total. The summed E-state index contributed by atoms with van der Waals surface area (Å²) in [5.74, 6) is -0.631. The molecule has 1 aliphatic heterocycles. The second-order valence-corrected chi connectivity index (χ2v) is 9.12. The summed E-state index contributed by atoms with van der Waals surface area (Å²) in [6, 6.07) is 11.0. The Hall–Kier alpha value is -3.89. The average Bonchev–Trinajstić information content (AvgIpc) is 2.90. The molecule has 0 saturated carbocycles. The molecule has 1 atom stereocenters. The van der Waals surface area contributed by atoms with E-state index in [0.29, 0.717) is 30.9 Å². The van der Waals surface area contributed by atoms with Gasteiger partial charge in [-0.25, -0.2) is 0 Å². The van der Waals surface area contributed by atoms with Crippen LogP contribution < -0.4 is 21.7 Å². The van der Waals surface area contributed by atoms with E-state index in [9.17, 15) is 22.8 Å². The highest BCUT2D eigenvalue weighted by molar-refractivity contribution is 5.96. The molecule has 2 aromatic carbocycles. The van der Waals surface area contributed by atoms with Crippen LogP contribution in [0.4, 0.5) is 18.9 Å². The van der Waals surface area contributed by atoms with Crippen LogP contribution >= 0.6 is 0 Å². The van der Waals surface area contributed by atoms with Crippen LogP contribution in [0.5, 0.6) is 0 Å². The van der Waals surface area contributed by atoms with Gasteiger partial charge in [-0.05, 0) is 60.4 Å². The number of nitrogens with one attached hydrogen (secondary N) is 3. The minimum Gasteiger partial charge on any atom is -0.400 e. The van der Waals surface area contributed by atoms with Crippen molar-refractivity contribution in [1.29, 1.82) is 0 Å². The van der Waals surface area contributed by atoms with Crippen molar-refractivity contribution >= 4 is 23.6 Å². The number of piperazine rings is 1. The molecule has 7 nitrogen and oxygen atoms in total. The minimum absolute atomic E-state index is 0.289. The van der Waals surface area contributed by atoms with Gasteiger partial charge in [0, 0.05) is 43.6 Å². The van der Waals surface area contributed by atoms with Gasteiger partial charge < -0.3 is 21.7 Å². The molecule has 1 unspecified atom stereocenters. The van der Waals surface area contributed by atoms with E-state index in [-0.39, 0.29) is 17.5 Å². The summed E-state index contributed by atoms with van der Waals surface area (Å²) >= 11 is 0. The molecular weight excluding hydrogens is 495 g/mol. The number of amides is 2. The normalized spacial score (nSPS) is 17.4. The lowest BCUT2D eigenvalue weighted by molar-refractivity contribution is -0.137. The van der Waals surface area contributed by atoms with E-state index in [1.165, 1.54) is 18.2 Å². The number of anilines is 1. The number of halogens is 3. The molecule has 1 aliphatic carbocycles. The fourth-order valence-electron chi connectivity index (χ4n) is 4.36. The highest BCUT2D eigenvalue weighted by Crippen LogP contribution is 2.30. The molecule has 0 radical (unpaired) electrons. The summed E-state index contributed by atoms with van der Waals surface area (Å²) < 4.78 is 38.7. The highest BCUT2D eigenvalue weighted by Gasteiger charge is 2.31. The molecule has 1 heterocycles. The second kappa shape index (κ2) is 12.1. The molecule has 1 fully saturated rings. The van der Waals surface area contributed by atoms with E-state index in [1.54, 1.807) is 12.2 Å². The fourth-order valence-corrected chi connectivity index (χ4v) is 4.36. The summed E-state index contributed by atoms with van der Waals surface area (Å²) in [4.78, 5) is 27.7. The van der Waals surface area contributed by atoms with Gasteiger partial charge in [0.15, 0.2) is 0 Å². The molecule has 2 aromatic rings. The van der Waals surface area contributed by atoms with Crippen molar-refractivity contribution in [3.8, 4) is 0 Å². The standard InChI is InChI=1S/C28H30F3N5O2/c29-28(30,31)21-10-12-22(13-11-21)34-27(38)26(36-17-15-33-16-18-36)20-8-5-19(6-9-20)7-14-25(37)35-24-4-2-1-3-23(24)32/h2,4-14,26,33H,1,3,15-18,32H2,(H,34,38)(H,35,37)/b14-7+. The van der Waals surface area contributed by atoms with Crippen LogP contribution in [0.25, 0.3) is 6.08 Å². The van der Waals surface area contributed by atoms with Gasteiger partial charge in [-0.15, -0.1) is 0 Å². The van der Waals surface area contributed by atoms with Gasteiger partial charge in [0.25, 0.3) is 0 Å². The first-order valence-corrected chi connectivity index (χ1v) is 12.4. The van der Waals surface area contributed by atoms with Gasteiger partial charge in [-0.1, -0.05) is 30.3 Å². The molecule has 0 bridgehead atoms. The quantitative estimate of drug-likeness (QED) is 0.411. The molecule has 1 saturated heterocycles. The maximum atomic E-state index is 13.3. The summed E-state index contributed by atoms with van der Waals surface area (Å²) in [6.45, 7) is 2.72. The molecule has 2 amide bonds. The summed E-state index contributed by atoms with van der Waals surface area (Å²) in [6.07, 6.45) is 3.96. The average molecular weight is 526 g/mol. The monoisotopic (exact) mass is 525 g/mol.